The third kappa shape index (κ3) is 4.84. The van der Waals surface area contributed by atoms with E-state index in [1.807, 2.05) is 0 Å². The minimum atomic E-state index is -5.71. The Hall–Kier alpha value is -2.44. The molecule has 0 radical (unpaired) electrons. The summed E-state index contributed by atoms with van der Waals surface area (Å²) in [6.45, 7) is 1.39. The van der Waals surface area contributed by atoms with Crippen LogP contribution >= 0.6 is 0 Å². The lowest BCUT2D eigenvalue weighted by Crippen LogP contribution is -2.46. The van der Waals surface area contributed by atoms with Gasteiger partial charge in [0, 0.05) is 6.20 Å². The molecule has 0 amide bonds. The molecule has 0 aromatic carbocycles. The zero-order valence-corrected chi connectivity index (χ0v) is 14.2. The Morgan fingerprint density at radius 1 is 1.04 bits per heavy atom. The standard InChI is InChI=1S/C14H11F6N3O3S/c1-2-27(24,25)9-4-3-5-21-11(9)8-6-23-10(7-22-8)26-12(13(15,16)17)14(18,19)20/h3-7,12H,2H2,1H3. The Kier molecular flexibility index (Phi) is 5.63. The summed E-state index contributed by atoms with van der Waals surface area (Å²) in [5, 5.41) is 0. The Bertz CT molecular complexity index is 884. The summed E-state index contributed by atoms with van der Waals surface area (Å²) < 4.78 is 103. The number of aromatic nitrogens is 3. The summed E-state index contributed by atoms with van der Waals surface area (Å²) in [6, 6.07) is 2.60. The third-order valence-electron chi connectivity index (χ3n) is 3.19. The van der Waals surface area contributed by atoms with E-state index in [9.17, 15) is 34.8 Å². The number of alkyl halides is 6. The molecule has 2 heterocycles. The van der Waals surface area contributed by atoms with Gasteiger partial charge in [-0.05, 0) is 12.1 Å². The Balaban J connectivity index is 2.37. The Morgan fingerprint density at radius 2 is 1.67 bits per heavy atom. The average Bonchev–Trinajstić information content (AvgIpc) is 2.58. The molecule has 2 aromatic heterocycles. The van der Waals surface area contributed by atoms with Gasteiger partial charge in [-0.1, -0.05) is 6.92 Å². The van der Waals surface area contributed by atoms with Crippen molar-refractivity contribution in [2.45, 2.75) is 30.3 Å². The number of nitrogens with zero attached hydrogens (tertiary/aromatic N) is 3. The quantitative estimate of drug-likeness (QED) is 0.698. The third-order valence-corrected chi connectivity index (χ3v) is 4.95. The molecular formula is C14H11F6N3O3S. The van der Waals surface area contributed by atoms with Crippen molar-refractivity contribution in [2.24, 2.45) is 0 Å². The van der Waals surface area contributed by atoms with Gasteiger partial charge in [-0.3, -0.25) is 4.98 Å². The second kappa shape index (κ2) is 7.29. The predicted octanol–water partition coefficient (Wildman–Crippen LogP) is 3.20. The van der Waals surface area contributed by atoms with Crippen LogP contribution < -0.4 is 4.74 Å². The van der Waals surface area contributed by atoms with Crippen LogP contribution in [0.15, 0.2) is 35.6 Å². The van der Waals surface area contributed by atoms with Gasteiger partial charge in [-0.15, -0.1) is 0 Å². The fraction of sp³-hybridized carbons (Fsp3) is 0.357. The van der Waals surface area contributed by atoms with E-state index in [-0.39, 0.29) is 22.0 Å². The van der Waals surface area contributed by atoms with Gasteiger partial charge in [0.15, 0.2) is 9.84 Å². The molecule has 0 N–H and O–H groups in total. The smallest absolute Gasteiger partial charge is 0.434 e. The molecule has 0 bridgehead atoms. The van der Waals surface area contributed by atoms with Crippen LogP contribution in [-0.4, -0.2) is 47.6 Å². The molecule has 2 rings (SSSR count). The van der Waals surface area contributed by atoms with E-state index in [0.29, 0.717) is 6.20 Å². The highest BCUT2D eigenvalue weighted by atomic mass is 32.2. The molecule has 0 fully saturated rings. The van der Waals surface area contributed by atoms with Crippen molar-refractivity contribution < 1.29 is 39.5 Å². The highest BCUT2D eigenvalue weighted by molar-refractivity contribution is 7.91. The molecular weight excluding hydrogens is 404 g/mol. The molecule has 6 nitrogen and oxygen atoms in total. The van der Waals surface area contributed by atoms with E-state index in [2.05, 4.69) is 19.7 Å². The van der Waals surface area contributed by atoms with Crippen LogP contribution in [0.5, 0.6) is 5.88 Å². The lowest BCUT2D eigenvalue weighted by atomic mass is 10.3. The maximum absolute atomic E-state index is 12.5. The summed E-state index contributed by atoms with van der Waals surface area (Å²) in [5.74, 6) is -1.28. The number of rotatable bonds is 5. The molecule has 0 atom stereocenters. The van der Waals surface area contributed by atoms with Crippen molar-refractivity contribution in [3.8, 4) is 17.3 Å². The minimum Gasteiger partial charge on any atom is -0.454 e. The molecule has 0 aliphatic heterocycles. The van der Waals surface area contributed by atoms with Crippen molar-refractivity contribution in [2.75, 3.05) is 5.75 Å². The number of ether oxygens (including phenoxy) is 1. The van der Waals surface area contributed by atoms with Crippen molar-refractivity contribution in [1.29, 1.82) is 0 Å². The van der Waals surface area contributed by atoms with Crippen molar-refractivity contribution in [3.63, 3.8) is 0 Å². The second-order valence-electron chi connectivity index (χ2n) is 5.07. The van der Waals surface area contributed by atoms with Crippen molar-refractivity contribution in [1.82, 2.24) is 15.0 Å². The minimum absolute atomic E-state index is 0.137. The van der Waals surface area contributed by atoms with Crippen LogP contribution in [0.2, 0.25) is 0 Å². The molecule has 27 heavy (non-hydrogen) atoms. The molecule has 0 saturated heterocycles. The normalized spacial score (nSPS) is 13.0. The number of sulfone groups is 1. The Morgan fingerprint density at radius 3 is 2.15 bits per heavy atom. The number of halogens is 6. The highest BCUT2D eigenvalue weighted by Crippen LogP contribution is 2.36. The van der Waals surface area contributed by atoms with Gasteiger partial charge in [0.25, 0.3) is 6.10 Å². The highest BCUT2D eigenvalue weighted by Gasteiger charge is 2.59. The summed E-state index contributed by atoms with van der Waals surface area (Å²) in [7, 11) is -3.70. The van der Waals surface area contributed by atoms with Crippen molar-refractivity contribution in [3.05, 3.63) is 30.7 Å². The second-order valence-corrected chi connectivity index (χ2v) is 7.32. The van der Waals surface area contributed by atoms with Gasteiger partial charge in [0.2, 0.25) is 5.88 Å². The molecule has 0 aliphatic rings. The summed E-state index contributed by atoms with van der Waals surface area (Å²) >= 11 is 0. The first-order chi connectivity index (χ1) is 12.4. The first-order valence-electron chi connectivity index (χ1n) is 7.16. The molecule has 0 spiro atoms. The maximum Gasteiger partial charge on any atom is 0.434 e. The molecule has 13 heteroatoms. The number of hydrogen-bond donors (Lipinski definition) is 0. The Labute approximate surface area is 149 Å². The van der Waals surface area contributed by atoms with Gasteiger partial charge in [-0.25, -0.2) is 18.4 Å². The van der Waals surface area contributed by atoms with Gasteiger partial charge in [0.05, 0.1) is 23.0 Å². The van der Waals surface area contributed by atoms with Gasteiger partial charge < -0.3 is 4.74 Å². The van der Waals surface area contributed by atoms with E-state index >= 15 is 0 Å². The molecule has 148 valence electrons. The lowest BCUT2D eigenvalue weighted by Gasteiger charge is -2.23. The van der Waals surface area contributed by atoms with E-state index < -0.39 is 34.2 Å². The van der Waals surface area contributed by atoms with E-state index in [4.69, 9.17) is 0 Å². The van der Waals surface area contributed by atoms with E-state index in [1.54, 1.807) is 0 Å². The molecule has 0 saturated carbocycles. The molecule has 0 unspecified atom stereocenters. The lowest BCUT2D eigenvalue weighted by molar-refractivity contribution is -0.300. The van der Waals surface area contributed by atoms with Crippen LogP contribution in [-0.2, 0) is 9.84 Å². The van der Waals surface area contributed by atoms with Crippen LogP contribution in [0.3, 0.4) is 0 Å². The zero-order valence-electron chi connectivity index (χ0n) is 13.4. The topological polar surface area (TPSA) is 82.0 Å². The predicted molar refractivity (Wildman–Crippen MR) is 79.5 cm³/mol. The number of pyridine rings is 1. The first kappa shape index (κ1) is 20.9. The molecule has 0 aliphatic carbocycles. The van der Waals surface area contributed by atoms with Gasteiger partial charge >= 0.3 is 12.4 Å². The van der Waals surface area contributed by atoms with Gasteiger partial charge in [0.1, 0.15) is 11.4 Å². The van der Waals surface area contributed by atoms with E-state index in [1.165, 1.54) is 25.3 Å². The zero-order chi connectivity index (χ0) is 20.5. The van der Waals surface area contributed by atoms with Crippen LogP contribution in [0.25, 0.3) is 11.4 Å². The summed E-state index contributed by atoms with van der Waals surface area (Å²) in [4.78, 5) is 10.6. The fourth-order valence-corrected chi connectivity index (χ4v) is 2.98. The average molecular weight is 415 g/mol. The summed E-state index contributed by atoms with van der Waals surface area (Å²) in [5.41, 5.74) is -0.299. The van der Waals surface area contributed by atoms with Crippen LogP contribution in [0, 0.1) is 0 Å². The van der Waals surface area contributed by atoms with Gasteiger partial charge in [-0.2, -0.15) is 26.3 Å². The summed E-state index contributed by atoms with van der Waals surface area (Å²) in [6.07, 6.45) is -12.9. The first-order valence-corrected chi connectivity index (χ1v) is 8.81. The fourth-order valence-electron chi connectivity index (χ4n) is 1.93. The van der Waals surface area contributed by atoms with Crippen LogP contribution in [0.1, 0.15) is 6.92 Å². The SMILES string of the molecule is CCS(=O)(=O)c1cccnc1-c1cnc(OC(C(F)(F)F)C(F)(F)F)cn1. The molecule has 2 aromatic rings. The van der Waals surface area contributed by atoms with E-state index in [0.717, 1.165) is 6.20 Å². The maximum atomic E-state index is 12.5. The monoisotopic (exact) mass is 415 g/mol. The largest absolute Gasteiger partial charge is 0.454 e. The van der Waals surface area contributed by atoms with Crippen molar-refractivity contribution >= 4 is 9.84 Å². The number of hydrogen-bond acceptors (Lipinski definition) is 6. The van der Waals surface area contributed by atoms with Crippen LogP contribution in [0.4, 0.5) is 26.3 Å².